The number of thiazole rings is 1. The second kappa shape index (κ2) is 5.03. The lowest BCUT2D eigenvalue weighted by atomic mass is 10.2. The minimum absolute atomic E-state index is 0.732. The first-order valence-electron chi connectivity index (χ1n) is 6.89. The highest BCUT2D eigenvalue weighted by Crippen LogP contribution is 2.36. The third-order valence-electron chi connectivity index (χ3n) is 3.68. The average molecular weight is 310 g/mol. The Morgan fingerprint density at radius 2 is 1.82 bits per heavy atom. The van der Waals surface area contributed by atoms with E-state index in [1.165, 1.54) is 0 Å². The summed E-state index contributed by atoms with van der Waals surface area (Å²) in [7, 11) is 3.29. The molecule has 0 bridgehead atoms. The van der Waals surface area contributed by atoms with Crippen LogP contribution in [0, 0.1) is 0 Å². The van der Waals surface area contributed by atoms with E-state index in [1.807, 2.05) is 36.4 Å². The molecule has 4 nitrogen and oxygen atoms in total. The Balaban J connectivity index is 1.87. The van der Waals surface area contributed by atoms with Crippen molar-refractivity contribution in [3.63, 3.8) is 0 Å². The standard InChI is InChI=1S/C17H14N2O2S/c1-20-14-8-7-11(9-15(14)21-2)16-10-19-13-6-4-3-5-12(13)18-17(19)22-16/h3-10H,1-2H3. The van der Waals surface area contributed by atoms with E-state index in [1.54, 1.807) is 25.6 Å². The maximum atomic E-state index is 5.38. The molecule has 4 aromatic rings. The fourth-order valence-electron chi connectivity index (χ4n) is 2.58. The summed E-state index contributed by atoms with van der Waals surface area (Å²) in [4.78, 5) is 6.80. The van der Waals surface area contributed by atoms with Crippen molar-refractivity contribution in [2.75, 3.05) is 14.2 Å². The number of para-hydroxylation sites is 2. The summed E-state index contributed by atoms with van der Waals surface area (Å²) in [6, 6.07) is 14.1. The maximum absolute atomic E-state index is 5.38. The Kier molecular flexibility index (Phi) is 3.01. The lowest BCUT2D eigenvalue weighted by molar-refractivity contribution is 0.355. The molecule has 0 saturated carbocycles. The van der Waals surface area contributed by atoms with Gasteiger partial charge in [-0.25, -0.2) is 4.98 Å². The van der Waals surface area contributed by atoms with E-state index in [-0.39, 0.29) is 0 Å². The van der Waals surface area contributed by atoms with Crippen LogP contribution in [0.5, 0.6) is 11.5 Å². The van der Waals surface area contributed by atoms with E-state index in [4.69, 9.17) is 9.47 Å². The van der Waals surface area contributed by atoms with Gasteiger partial charge in [-0.1, -0.05) is 23.5 Å². The normalized spacial score (nSPS) is 11.2. The van der Waals surface area contributed by atoms with Gasteiger partial charge in [-0.15, -0.1) is 0 Å². The van der Waals surface area contributed by atoms with Crippen LogP contribution in [0.25, 0.3) is 26.4 Å². The SMILES string of the molecule is COc1ccc(-c2cn3c(nc4ccccc43)s2)cc1OC. The Morgan fingerprint density at radius 1 is 1.00 bits per heavy atom. The number of aromatic nitrogens is 2. The highest BCUT2D eigenvalue weighted by molar-refractivity contribution is 7.20. The second-order valence-electron chi connectivity index (χ2n) is 4.92. The molecule has 22 heavy (non-hydrogen) atoms. The summed E-state index contributed by atoms with van der Waals surface area (Å²) < 4.78 is 12.8. The van der Waals surface area contributed by atoms with Crippen LogP contribution in [0.4, 0.5) is 0 Å². The highest BCUT2D eigenvalue weighted by Gasteiger charge is 2.12. The van der Waals surface area contributed by atoms with Gasteiger partial charge >= 0.3 is 0 Å². The molecule has 0 unspecified atom stereocenters. The van der Waals surface area contributed by atoms with Crippen molar-refractivity contribution in [3.05, 3.63) is 48.7 Å². The Labute approximate surface area is 131 Å². The molecule has 0 atom stereocenters. The molecule has 0 aliphatic heterocycles. The summed E-state index contributed by atoms with van der Waals surface area (Å²) >= 11 is 1.66. The topological polar surface area (TPSA) is 35.8 Å². The Morgan fingerprint density at radius 3 is 2.64 bits per heavy atom. The average Bonchev–Trinajstić information content (AvgIpc) is 3.12. The van der Waals surface area contributed by atoms with E-state index in [0.717, 1.165) is 37.9 Å². The zero-order chi connectivity index (χ0) is 15.1. The minimum atomic E-state index is 0.732. The summed E-state index contributed by atoms with van der Waals surface area (Å²) in [6.07, 6.45) is 2.12. The predicted octanol–water partition coefficient (Wildman–Crippen LogP) is 4.23. The number of hydrogen-bond acceptors (Lipinski definition) is 4. The van der Waals surface area contributed by atoms with Gasteiger partial charge in [0.2, 0.25) is 0 Å². The second-order valence-corrected chi connectivity index (χ2v) is 5.93. The van der Waals surface area contributed by atoms with Crippen LogP contribution in [0.1, 0.15) is 0 Å². The first-order chi connectivity index (χ1) is 10.8. The third kappa shape index (κ3) is 1.94. The van der Waals surface area contributed by atoms with Gasteiger partial charge < -0.3 is 9.47 Å². The van der Waals surface area contributed by atoms with Crippen molar-refractivity contribution in [1.82, 2.24) is 9.38 Å². The zero-order valence-corrected chi connectivity index (χ0v) is 13.1. The first-order valence-corrected chi connectivity index (χ1v) is 7.71. The van der Waals surface area contributed by atoms with Gasteiger partial charge in [-0.05, 0) is 35.9 Å². The molecule has 2 aromatic heterocycles. The molecule has 0 radical (unpaired) electrons. The molecule has 2 heterocycles. The largest absolute Gasteiger partial charge is 0.493 e. The van der Waals surface area contributed by atoms with Crippen LogP contribution >= 0.6 is 11.3 Å². The number of methoxy groups -OCH3 is 2. The van der Waals surface area contributed by atoms with Crippen LogP contribution in [0.15, 0.2) is 48.7 Å². The molecule has 0 saturated heterocycles. The summed E-state index contributed by atoms with van der Waals surface area (Å²) in [5, 5.41) is 0. The lowest BCUT2D eigenvalue weighted by Crippen LogP contribution is -1.90. The van der Waals surface area contributed by atoms with E-state index >= 15 is 0 Å². The van der Waals surface area contributed by atoms with Crippen LogP contribution in [0.3, 0.4) is 0 Å². The molecule has 0 aliphatic rings. The van der Waals surface area contributed by atoms with Crippen LogP contribution in [-0.4, -0.2) is 23.6 Å². The molecule has 0 aliphatic carbocycles. The lowest BCUT2D eigenvalue weighted by Gasteiger charge is -2.08. The van der Waals surface area contributed by atoms with Crippen LogP contribution < -0.4 is 9.47 Å². The smallest absolute Gasteiger partial charge is 0.195 e. The van der Waals surface area contributed by atoms with Gasteiger partial charge in [0.15, 0.2) is 16.5 Å². The van der Waals surface area contributed by atoms with Crippen molar-refractivity contribution >= 4 is 27.3 Å². The van der Waals surface area contributed by atoms with Gasteiger partial charge in [0.05, 0.1) is 30.1 Å². The third-order valence-corrected chi connectivity index (χ3v) is 4.71. The van der Waals surface area contributed by atoms with Crippen molar-refractivity contribution in [1.29, 1.82) is 0 Å². The molecular weight excluding hydrogens is 296 g/mol. The number of ether oxygens (including phenoxy) is 2. The number of benzene rings is 2. The van der Waals surface area contributed by atoms with Gasteiger partial charge in [-0.3, -0.25) is 4.40 Å². The fourth-order valence-corrected chi connectivity index (χ4v) is 3.58. The number of nitrogens with zero attached hydrogens (tertiary/aromatic N) is 2. The number of fused-ring (bicyclic) bond motifs is 3. The molecule has 110 valence electrons. The molecule has 4 rings (SSSR count). The Bertz CT molecular complexity index is 971. The van der Waals surface area contributed by atoms with Crippen molar-refractivity contribution < 1.29 is 9.47 Å². The van der Waals surface area contributed by atoms with E-state index in [0.29, 0.717) is 0 Å². The van der Waals surface area contributed by atoms with Gasteiger partial charge in [0.25, 0.3) is 0 Å². The quantitative estimate of drug-likeness (QED) is 0.568. The molecule has 2 aromatic carbocycles. The summed E-state index contributed by atoms with van der Waals surface area (Å²) in [5.41, 5.74) is 3.24. The van der Waals surface area contributed by atoms with Gasteiger partial charge in [-0.2, -0.15) is 0 Å². The molecular formula is C17H14N2O2S. The van der Waals surface area contributed by atoms with E-state index in [2.05, 4.69) is 21.6 Å². The number of hydrogen-bond donors (Lipinski definition) is 0. The molecule has 0 fully saturated rings. The first kappa shape index (κ1) is 13.2. The number of imidazole rings is 1. The van der Waals surface area contributed by atoms with Crippen LogP contribution in [0.2, 0.25) is 0 Å². The summed E-state index contributed by atoms with van der Waals surface area (Å²) in [6.45, 7) is 0. The molecule has 0 spiro atoms. The van der Waals surface area contributed by atoms with Gasteiger partial charge in [0, 0.05) is 6.20 Å². The van der Waals surface area contributed by atoms with E-state index < -0.39 is 0 Å². The van der Waals surface area contributed by atoms with Gasteiger partial charge in [0.1, 0.15) is 0 Å². The molecule has 0 N–H and O–H groups in total. The maximum Gasteiger partial charge on any atom is 0.195 e. The molecule has 5 heteroatoms. The van der Waals surface area contributed by atoms with Crippen LogP contribution in [-0.2, 0) is 0 Å². The van der Waals surface area contributed by atoms with Crippen molar-refractivity contribution in [2.45, 2.75) is 0 Å². The van der Waals surface area contributed by atoms with Crippen molar-refractivity contribution in [2.24, 2.45) is 0 Å². The molecule has 0 amide bonds. The fraction of sp³-hybridized carbons (Fsp3) is 0.118. The number of rotatable bonds is 3. The minimum Gasteiger partial charge on any atom is -0.493 e. The van der Waals surface area contributed by atoms with E-state index in [9.17, 15) is 0 Å². The van der Waals surface area contributed by atoms with Crippen molar-refractivity contribution in [3.8, 4) is 21.9 Å². The summed E-state index contributed by atoms with van der Waals surface area (Å²) in [5.74, 6) is 1.47. The Hall–Kier alpha value is -2.53. The highest BCUT2D eigenvalue weighted by atomic mass is 32.1. The monoisotopic (exact) mass is 310 g/mol. The zero-order valence-electron chi connectivity index (χ0n) is 12.2. The predicted molar refractivity (Wildman–Crippen MR) is 89.1 cm³/mol.